The van der Waals surface area contributed by atoms with Gasteiger partial charge in [-0.15, -0.1) is 10.2 Å². The Morgan fingerprint density at radius 2 is 2.10 bits per heavy atom. The van der Waals surface area contributed by atoms with Gasteiger partial charge in [0.1, 0.15) is 5.82 Å². The van der Waals surface area contributed by atoms with Gasteiger partial charge in [0.2, 0.25) is 5.65 Å². The molecule has 3 heterocycles. The van der Waals surface area contributed by atoms with Gasteiger partial charge in [-0.1, -0.05) is 0 Å². The van der Waals surface area contributed by atoms with Gasteiger partial charge in [-0.25, -0.2) is 13.8 Å². The van der Waals surface area contributed by atoms with Crippen LogP contribution in [0.2, 0.25) is 0 Å². The van der Waals surface area contributed by atoms with E-state index in [0.717, 1.165) is 18.8 Å². The van der Waals surface area contributed by atoms with Crippen LogP contribution in [0, 0.1) is 12.3 Å². The van der Waals surface area contributed by atoms with E-state index in [2.05, 4.69) is 15.2 Å². The maximum Gasteiger partial charge on any atom is 0.256 e. The quantitative estimate of drug-likeness (QED) is 0.801. The minimum Gasteiger partial charge on any atom is -0.353 e. The first-order valence-electron chi connectivity index (χ1n) is 6.82. The number of aryl methyl sites for hydroxylation is 1. The Bertz CT molecular complexity index is 682. The minimum atomic E-state index is -2.51. The lowest BCUT2D eigenvalue weighted by atomic mass is 9.94. The summed E-state index contributed by atoms with van der Waals surface area (Å²) in [6.07, 6.45) is 4.84. The molecule has 0 radical (unpaired) electrons. The number of alkyl halides is 2. The smallest absolute Gasteiger partial charge is 0.256 e. The molecule has 4 rings (SSSR count). The number of piperidine rings is 1. The molecule has 5 nitrogen and oxygen atoms in total. The first kappa shape index (κ1) is 12.0. The van der Waals surface area contributed by atoms with Crippen molar-refractivity contribution in [1.29, 1.82) is 0 Å². The van der Waals surface area contributed by atoms with Crippen LogP contribution in [-0.2, 0) is 0 Å². The third-order valence-electron chi connectivity index (χ3n) is 4.57. The third-order valence-corrected chi connectivity index (χ3v) is 4.57. The standard InChI is InChI=1S/C13H15F2N5/c1-9-17-18-11-10(16-4-6-20(9)11)19-5-2-3-12(8-19)7-13(12,14)15/h4,6H,2-3,5,7-8H2,1H3. The van der Waals surface area contributed by atoms with E-state index in [0.29, 0.717) is 24.4 Å². The van der Waals surface area contributed by atoms with Crippen molar-refractivity contribution in [2.75, 3.05) is 18.0 Å². The molecule has 1 aliphatic heterocycles. The molecular weight excluding hydrogens is 264 g/mol. The molecule has 2 aromatic rings. The highest BCUT2D eigenvalue weighted by atomic mass is 19.3. The van der Waals surface area contributed by atoms with E-state index in [4.69, 9.17) is 0 Å². The monoisotopic (exact) mass is 279 g/mol. The van der Waals surface area contributed by atoms with Crippen molar-refractivity contribution in [1.82, 2.24) is 19.6 Å². The molecule has 0 bridgehead atoms. The van der Waals surface area contributed by atoms with Gasteiger partial charge in [-0.2, -0.15) is 0 Å². The van der Waals surface area contributed by atoms with Crippen molar-refractivity contribution in [3.8, 4) is 0 Å². The fourth-order valence-corrected chi connectivity index (χ4v) is 3.29. The molecule has 1 saturated carbocycles. The Labute approximate surface area is 114 Å². The Morgan fingerprint density at radius 1 is 1.30 bits per heavy atom. The van der Waals surface area contributed by atoms with Crippen LogP contribution in [-0.4, -0.2) is 38.6 Å². The van der Waals surface area contributed by atoms with Gasteiger partial charge in [-0.05, 0) is 19.8 Å². The number of fused-ring (bicyclic) bond motifs is 1. The molecule has 2 aliphatic rings. The molecule has 1 atom stereocenters. The van der Waals surface area contributed by atoms with E-state index >= 15 is 0 Å². The maximum absolute atomic E-state index is 13.6. The SMILES string of the molecule is Cc1nnc2c(N3CCCC4(C3)CC4(F)F)nccn12. The predicted octanol–water partition coefficient (Wildman–Crippen LogP) is 2.06. The lowest BCUT2D eigenvalue weighted by Gasteiger charge is -2.33. The summed E-state index contributed by atoms with van der Waals surface area (Å²) in [5.41, 5.74) is -0.194. The summed E-state index contributed by atoms with van der Waals surface area (Å²) in [6.45, 7) is 2.96. The maximum atomic E-state index is 13.6. The molecule has 0 aromatic carbocycles. The summed E-state index contributed by atoms with van der Waals surface area (Å²) in [5.74, 6) is -1.08. The molecule has 20 heavy (non-hydrogen) atoms. The zero-order valence-electron chi connectivity index (χ0n) is 11.2. The highest BCUT2D eigenvalue weighted by Gasteiger charge is 2.71. The van der Waals surface area contributed by atoms with E-state index in [-0.39, 0.29) is 6.42 Å². The lowest BCUT2D eigenvalue weighted by Crippen LogP contribution is -2.39. The second kappa shape index (κ2) is 3.65. The van der Waals surface area contributed by atoms with Crippen molar-refractivity contribution in [3.63, 3.8) is 0 Å². The van der Waals surface area contributed by atoms with E-state index in [1.807, 2.05) is 16.2 Å². The Kier molecular flexibility index (Phi) is 2.19. The van der Waals surface area contributed by atoms with Crippen LogP contribution < -0.4 is 4.90 Å². The summed E-state index contributed by atoms with van der Waals surface area (Å²) >= 11 is 0. The second-order valence-electron chi connectivity index (χ2n) is 5.88. The van der Waals surface area contributed by atoms with Crippen LogP contribution in [0.5, 0.6) is 0 Å². The number of hydrogen-bond acceptors (Lipinski definition) is 4. The summed E-state index contributed by atoms with van der Waals surface area (Å²) in [5, 5.41) is 8.15. The topological polar surface area (TPSA) is 46.3 Å². The average Bonchev–Trinajstić information content (AvgIpc) is 2.77. The summed E-state index contributed by atoms with van der Waals surface area (Å²) in [4.78, 5) is 6.28. The van der Waals surface area contributed by atoms with Gasteiger partial charge in [0.15, 0.2) is 5.82 Å². The van der Waals surface area contributed by atoms with Crippen molar-refractivity contribution in [2.45, 2.75) is 32.1 Å². The van der Waals surface area contributed by atoms with Gasteiger partial charge >= 0.3 is 0 Å². The van der Waals surface area contributed by atoms with Crippen LogP contribution in [0.15, 0.2) is 12.4 Å². The highest BCUT2D eigenvalue weighted by molar-refractivity contribution is 5.64. The summed E-state index contributed by atoms with van der Waals surface area (Å²) in [6, 6.07) is 0. The van der Waals surface area contributed by atoms with Gasteiger partial charge in [0.25, 0.3) is 5.92 Å². The third kappa shape index (κ3) is 1.49. The normalized spacial score (nSPS) is 28.2. The highest BCUT2D eigenvalue weighted by Crippen LogP contribution is 2.64. The number of halogens is 2. The molecule has 0 N–H and O–H groups in total. The van der Waals surface area contributed by atoms with Crippen molar-refractivity contribution < 1.29 is 8.78 Å². The average molecular weight is 279 g/mol. The molecule has 0 amide bonds. The molecule has 1 spiro atoms. The molecule has 1 aliphatic carbocycles. The first-order valence-corrected chi connectivity index (χ1v) is 6.82. The molecule has 2 aromatic heterocycles. The van der Waals surface area contributed by atoms with E-state index in [1.165, 1.54) is 0 Å². The first-order chi connectivity index (χ1) is 9.52. The fourth-order valence-electron chi connectivity index (χ4n) is 3.29. The Morgan fingerprint density at radius 3 is 2.85 bits per heavy atom. The molecular formula is C13H15F2N5. The minimum absolute atomic E-state index is 0.00530. The molecule has 1 saturated heterocycles. The van der Waals surface area contributed by atoms with E-state index < -0.39 is 11.3 Å². The number of aromatic nitrogens is 4. The van der Waals surface area contributed by atoms with Gasteiger partial charge < -0.3 is 4.90 Å². The zero-order chi connectivity index (χ0) is 14.0. The van der Waals surface area contributed by atoms with Crippen molar-refractivity contribution >= 4 is 11.5 Å². The van der Waals surface area contributed by atoms with E-state index in [1.54, 1.807) is 12.4 Å². The van der Waals surface area contributed by atoms with E-state index in [9.17, 15) is 8.78 Å². The predicted molar refractivity (Wildman–Crippen MR) is 69.0 cm³/mol. The number of anilines is 1. The molecule has 2 fully saturated rings. The zero-order valence-corrected chi connectivity index (χ0v) is 11.2. The van der Waals surface area contributed by atoms with Crippen LogP contribution in [0.3, 0.4) is 0 Å². The van der Waals surface area contributed by atoms with Gasteiger partial charge in [0.05, 0.1) is 5.41 Å². The van der Waals surface area contributed by atoms with Crippen LogP contribution in [0.25, 0.3) is 5.65 Å². The lowest BCUT2D eigenvalue weighted by molar-refractivity contribution is 0.0575. The Hall–Kier alpha value is -1.79. The Balaban J connectivity index is 1.73. The van der Waals surface area contributed by atoms with Gasteiger partial charge in [0, 0.05) is 31.9 Å². The van der Waals surface area contributed by atoms with Crippen LogP contribution in [0.1, 0.15) is 25.1 Å². The largest absolute Gasteiger partial charge is 0.353 e. The van der Waals surface area contributed by atoms with Crippen LogP contribution in [0.4, 0.5) is 14.6 Å². The summed E-state index contributed by atoms with van der Waals surface area (Å²) in [7, 11) is 0. The summed E-state index contributed by atoms with van der Waals surface area (Å²) < 4.78 is 29.0. The number of hydrogen-bond donors (Lipinski definition) is 0. The van der Waals surface area contributed by atoms with Gasteiger partial charge in [-0.3, -0.25) is 4.40 Å². The second-order valence-corrected chi connectivity index (χ2v) is 5.88. The fraction of sp³-hybridized carbons (Fsp3) is 0.615. The molecule has 7 heteroatoms. The molecule has 1 unspecified atom stereocenters. The number of nitrogens with zero attached hydrogens (tertiary/aromatic N) is 5. The number of rotatable bonds is 1. The molecule has 106 valence electrons. The van der Waals surface area contributed by atoms with Crippen molar-refractivity contribution in [2.24, 2.45) is 5.41 Å². The van der Waals surface area contributed by atoms with Crippen LogP contribution >= 0.6 is 0 Å². The van der Waals surface area contributed by atoms with Crippen molar-refractivity contribution in [3.05, 3.63) is 18.2 Å².